The number of amides is 1. The van der Waals surface area contributed by atoms with Gasteiger partial charge in [-0.3, -0.25) is 4.79 Å². The van der Waals surface area contributed by atoms with Crippen LogP contribution < -0.4 is 5.32 Å². The number of hydrogen-bond donors (Lipinski definition) is 1. The summed E-state index contributed by atoms with van der Waals surface area (Å²) in [6, 6.07) is 27.8. The number of para-hydroxylation sites is 1. The molecule has 3 aromatic rings. The maximum Gasteiger partial charge on any atom is 0.242 e. The van der Waals surface area contributed by atoms with Gasteiger partial charge in [-0.1, -0.05) is 60.7 Å². The molecular weight excluding hydrogens is 346 g/mol. The second-order valence-electron chi connectivity index (χ2n) is 5.41. The van der Waals surface area contributed by atoms with Gasteiger partial charge in [-0.2, -0.15) is 0 Å². The number of carbonyl (C=O) groups excluding carboxylic acids is 1. The maximum atomic E-state index is 13.0. The summed E-state index contributed by atoms with van der Waals surface area (Å²) in [6.45, 7) is 0. The van der Waals surface area contributed by atoms with Crippen molar-refractivity contribution in [3.05, 3.63) is 90.5 Å². The number of nitrogens with one attached hydrogen (secondary N) is 1. The van der Waals surface area contributed by atoms with Gasteiger partial charge in [0.25, 0.3) is 0 Å². The molecule has 126 valence electrons. The van der Waals surface area contributed by atoms with Crippen LogP contribution in [0.15, 0.2) is 94.7 Å². The van der Waals surface area contributed by atoms with Gasteiger partial charge in [0.2, 0.25) is 5.91 Å². The Morgan fingerprint density at radius 3 is 2.12 bits per heavy atom. The van der Waals surface area contributed by atoms with E-state index in [1.54, 1.807) is 23.5 Å². The molecule has 0 saturated heterocycles. The summed E-state index contributed by atoms with van der Waals surface area (Å²) >= 11 is 3.19. The van der Waals surface area contributed by atoms with Crippen LogP contribution >= 0.6 is 23.5 Å². The highest BCUT2D eigenvalue weighted by Gasteiger charge is 2.22. The van der Waals surface area contributed by atoms with Gasteiger partial charge in [0, 0.05) is 9.79 Å². The van der Waals surface area contributed by atoms with Gasteiger partial charge in [0.15, 0.2) is 0 Å². The van der Waals surface area contributed by atoms with E-state index in [1.807, 2.05) is 91.2 Å². The summed E-state index contributed by atoms with van der Waals surface area (Å²) in [5.74, 6) is -0.0125. The van der Waals surface area contributed by atoms with E-state index in [-0.39, 0.29) is 11.2 Å². The van der Waals surface area contributed by atoms with Gasteiger partial charge in [0.05, 0.1) is 5.69 Å². The molecule has 1 atom stereocenters. The third-order valence-electron chi connectivity index (χ3n) is 3.70. The summed E-state index contributed by atoms with van der Waals surface area (Å²) in [6.07, 6.45) is 2.01. The molecule has 0 aliphatic carbocycles. The van der Waals surface area contributed by atoms with E-state index in [9.17, 15) is 4.79 Å². The normalized spacial score (nSPS) is 11.7. The zero-order chi connectivity index (χ0) is 17.5. The molecule has 0 aliphatic heterocycles. The monoisotopic (exact) mass is 365 g/mol. The Morgan fingerprint density at radius 2 is 1.44 bits per heavy atom. The highest BCUT2D eigenvalue weighted by atomic mass is 32.2. The lowest BCUT2D eigenvalue weighted by atomic mass is 10.1. The quantitative estimate of drug-likeness (QED) is 0.553. The van der Waals surface area contributed by atoms with E-state index in [0.29, 0.717) is 0 Å². The van der Waals surface area contributed by atoms with Crippen molar-refractivity contribution in [2.24, 2.45) is 0 Å². The fourth-order valence-corrected chi connectivity index (χ4v) is 4.08. The Kier molecular flexibility index (Phi) is 6.20. The van der Waals surface area contributed by atoms with Crippen LogP contribution in [0.4, 0.5) is 5.69 Å². The van der Waals surface area contributed by atoms with Crippen LogP contribution in [0.5, 0.6) is 0 Å². The maximum absolute atomic E-state index is 13.0. The van der Waals surface area contributed by atoms with E-state index in [1.165, 1.54) is 0 Å². The molecule has 4 heteroatoms. The molecule has 2 nitrogen and oxygen atoms in total. The van der Waals surface area contributed by atoms with Gasteiger partial charge in [-0.05, 0) is 36.1 Å². The summed E-state index contributed by atoms with van der Waals surface area (Å²) in [5, 5.41) is 2.79. The van der Waals surface area contributed by atoms with Crippen molar-refractivity contribution < 1.29 is 4.79 Å². The van der Waals surface area contributed by atoms with Crippen molar-refractivity contribution in [1.82, 2.24) is 0 Å². The third kappa shape index (κ3) is 4.68. The second kappa shape index (κ2) is 8.79. The highest BCUT2D eigenvalue weighted by molar-refractivity contribution is 8.00. The lowest BCUT2D eigenvalue weighted by Crippen LogP contribution is -2.19. The van der Waals surface area contributed by atoms with E-state index in [0.717, 1.165) is 21.0 Å². The Hall–Kier alpha value is -2.17. The lowest BCUT2D eigenvalue weighted by molar-refractivity contribution is -0.115. The molecule has 0 bridgehead atoms. The van der Waals surface area contributed by atoms with Gasteiger partial charge in [0.1, 0.15) is 5.25 Å². The second-order valence-corrected chi connectivity index (χ2v) is 7.44. The molecule has 1 unspecified atom stereocenters. The zero-order valence-corrected chi connectivity index (χ0v) is 15.5. The van der Waals surface area contributed by atoms with E-state index in [4.69, 9.17) is 0 Å². The van der Waals surface area contributed by atoms with Crippen LogP contribution in [0.3, 0.4) is 0 Å². The van der Waals surface area contributed by atoms with Crippen LogP contribution in [0.1, 0.15) is 10.8 Å². The summed E-state index contributed by atoms with van der Waals surface area (Å²) < 4.78 is 0. The number of benzene rings is 3. The minimum absolute atomic E-state index is 0.0125. The lowest BCUT2D eigenvalue weighted by Gasteiger charge is -2.18. The number of hydrogen-bond acceptors (Lipinski definition) is 3. The Balaban J connectivity index is 1.87. The molecule has 3 aromatic carbocycles. The molecule has 0 aromatic heterocycles. The first-order valence-corrected chi connectivity index (χ1v) is 10.1. The minimum Gasteiger partial charge on any atom is -0.324 e. The zero-order valence-electron chi connectivity index (χ0n) is 13.9. The Morgan fingerprint density at radius 1 is 0.840 bits per heavy atom. The first-order valence-electron chi connectivity index (χ1n) is 7.98. The number of thioether (sulfide) groups is 2. The predicted octanol–water partition coefficient (Wildman–Crippen LogP) is 5.88. The van der Waals surface area contributed by atoms with Crippen LogP contribution in [0.25, 0.3) is 0 Å². The Labute approximate surface area is 157 Å². The molecule has 0 spiro atoms. The van der Waals surface area contributed by atoms with Crippen molar-refractivity contribution in [3.8, 4) is 0 Å². The van der Waals surface area contributed by atoms with Crippen LogP contribution in [-0.4, -0.2) is 12.2 Å². The molecule has 25 heavy (non-hydrogen) atoms. The van der Waals surface area contributed by atoms with Gasteiger partial charge in [-0.25, -0.2) is 0 Å². The summed E-state index contributed by atoms with van der Waals surface area (Å²) in [5.41, 5.74) is 1.85. The SMILES string of the molecule is CSc1ccccc1NC(=O)C(Sc1ccccc1)c1ccccc1. The van der Waals surface area contributed by atoms with Crippen LogP contribution in [0, 0.1) is 0 Å². The molecule has 0 heterocycles. The third-order valence-corrected chi connectivity index (χ3v) is 5.76. The molecule has 0 aliphatic rings. The number of rotatable bonds is 6. The molecular formula is C21H19NOS2. The standard InChI is InChI=1S/C21H19NOS2/c1-24-19-15-9-8-14-18(19)22-21(23)20(16-10-4-2-5-11-16)25-17-12-6-3-7-13-17/h2-15,20H,1H3,(H,22,23). The van der Waals surface area contributed by atoms with Gasteiger partial charge >= 0.3 is 0 Å². The largest absolute Gasteiger partial charge is 0.324 e. The topological polar surface area (TPSA) is 29.1 Å². The van der Waals surface area contributed by atoms with Crippen LogP contribution in [-0.2, 0) is 4.79 Å². The molecule has 0 radical (unpaired) electrons. The van der Waals surface area contributed by atoms with Crippen LogP contribution in [0.2, 0.25) is 0 Å². The molecule has 1 N–H and O–H groups in total. The molecule has 0 saturated carbocycles. The first kappa shape index (κ1) is 17.6. The number of carbonyl (C=O) groups is 1. The van der Waals surface area contributed by atoms with Crippen molar-refractivity contribution in [2.45, 2.75) is 15.0 Å². The van der Waals surface area contributed by atoms with Crippen molar-refractivity contribution in [3.63, 3.8) is 0 Å². The van der Waals surface area contributed by atoms with Crippen molar-refractivity contribution in [1.29, 1.82) is 0 Å². The van der Waals surface area contributed by atoms with Gasteiger partial charge < -0.3 is 5.32 Å². The number of anilines is 1. The highest BCUT2D eigenvalue weighted by Crippen LogP contribution is 2.36. The first-order chi connectivity index (χ1) is 12.3. The van der Waals surface area contributed by atoms with E-state index >= 15 is 0 Å². The molecule has 1 amide bonds. The Bertz CT molecular complexity index is 822. The smallest absolute Gasteiger partial charge is 0.242 e. The van der Waals surface area contributed by atoms with E-state index in [2.05, 4.69) is 5.32 Å². The average molecular weight is 366 g/mol. The fourth-order valence-electron chi connectivity index (χ4n) is 2.48. The predicted molar refractivity (Wildman–Crippen MR) is 108 cm³/mol. The van der Waals surface area contributed by atoms with Crippen molar-refractivity contribution in [2.75, 3.05) is 11.6 Å². The average Bonchev–Trinajstić information content (AvgIpc) is 2.68. The van der Waals surface area contributed by atoms with E-state index < -0.39 is 0 Å². The minimum atomic E-state index is -0.307. The summed E-state index contributed by atoms with van der Waals surface area (Å²) in [7, 11) is 0. The molecule has 0 fully saturated rings. The molecule has 3 rings (SSSR count). The fraction of sp³-hybridized carbons (Fsp3) is 0.0952. The summed E-state index contributed by atoms with van der Waals surface area (Å²) in [4.78, 5) is 15.2. The van der Waals surface area contributed by atoms with Gasteiger partial charge in [-0.15, -0.1) is 23.5 Å². The van der Waals surface area contributed by atoms with Crippen molar-refractivity contribution >= 4 is 35.1 Å².